The van der Waals surface area contributed by atoms with Gasteiger partial charge < -0.3 is 10.2 Å². The number of rotatable bonds is 8. The molecular weight excluding hydrogens is 210 g/mol. The monoisotopic (exact) mass is 231 g/mol. The minimum atomic E-state index is -0.908. The molecule has 1 unspecified atom stereocenters. The van der Waals surface area contributed by atoms with E-state index < -0.39 is 18.0 Å². The van der Waals surface area contributed by atoms with Crippen LogP contribution in [0.15, 0.2) is 0 Å². The summed E-state index contributed by atoms with van der Waals surface area (Å²) in [5.74, 6) is -1.32. The molecule has 0 rings (SSSR count). The lowest BCUT2D eigenvalue weighted by Crippen LogP contribution is -2.41. The Labute approximate surface area is 96.1 Å². The van der Waals surface area contributed by atoms with Gasteiger partial charge in [0.1, 0.15) is 6.04 Å². The Bertz CT molecular complexity index is 240. The van der Waals surface area contributed by atoms with Crippen LogP contribution in [-0.4, -0.2) is 46.2 Å². The normalized spacial score (nSPS) is 13.1. The first-order valence-corrected chi connectivity index (χ1v) is 5.53. The lowest BCUT2D eigenvalue weighted by Gasteiger charge is -2.26. The maximum Gasteiger partial charge on any atom is 0.320 e. The minimum Gasteiger partial charge on any atom is -0.481 e. The molecule has 0 aromatic rings. The third-order valence-corrected chi connectivity index (χ3v) is 2.51. The quantitative estimate of drug-likeness (QED) is 0.658. The van der Waals surface area contributed by atoms with E-state index >= 15 is 0 Å². The van der Waals surface area contributed by atoms with Crippen molar-refractivity contribution in [1.29, 1.82) is 0 Å². The molecule has 0 saturated heterocycles. The SMILES string of the molecule is CC(C)CCN(CCC(=O)O)C(C)C(=O)O. The van der Waals surface area contributed by atoms with E-state index in [1.54, 1.807) is 11.8 Å². The fraction of sp³-hybridized carbons (Fsp3) is 0.818. The highest BCUT2D eigenvalue weighted by Gasteiger charge is 2.20. The summed E-state index contributed by atoms with van der Waals surface area (Å²) in [5, 5.41) is 17.5. The van der Waals surface area contributed by atoms with Gasteiger partial charge in [-0.25, -0.2) is 0 Å². The molecule has 0 aromatic carbocycles. The Morgan fingerprint density at radius 1 is 1.12 bits per heavy atom. The van der Waals surface area contributed by atoms with E-state index in [1.165, 1.54) is 0 Å². The number of nitrogens with zero attached hydrogens (tertiary/aromatic N) is 1. The highest BCUT2D eigenvalue weighted by molar-refractivity contribution is 5.73. The molecule has 0 fully saturated rings. The average molecular weight is 231 g/mol. The Morgan fingerprint density at radius 3 is 2.06 bits per heavy atom. The molecule has 2 N–H and O–H groups in total. The number of hydrogen-bond donors (Lipinski definition) is 2. The summed E-state index contributed by atoms with van der Waals surface area (Å²) in [6, 6.07) is -0.627. The molecule has 0 bridgehead atoms. The summed E-state index contributed by atoms with van der Waals surface area (Å²) in [4.78, 5) is 23.0. The summed E-state index contributed by atoms with van der Waals surface area (Å²) in [6.45, 7) is 6.61. The zero-order chi connectivity index (χ0) is 12.7. The van der Waals surface area contributed by atoms with Gasteiger partial charge >= 0.3 is 11.9 Å². The van der Waals surface area contributed by atoms with Crippen molar-refractivity contribution in [2.45, 2.75) is 39.7 Å². The largest absolute Gasteiger partial charge is 0.481 e. The van der Waals surface area contributed by atoms with Crippen LogP contribution >= 0.6 is 0 Å². The first-order valence-electron chi connectivity index (χ1n) is 5.53. The van der Waals surface area contributed by atoms with Crippen LogP contribution in [0.2, 0.25) is 0 Å². The zero-order valence-corrected chi connectivity index (χ0v) is 10.1. The second-order valence-corrected chi connectivity index (χ2v) is 4.38. The highest BCUT2D eigenvalue weighted by atomic mass is 16.4. The fourth-order valence-electron chi connectivity index (χ4n) is 1.32. The van der Waals surface area contributed by atoms with Gasteiger partial charge in [0, 0.05) is 6.54 Å². The maximum atomic E-state index is 10.8. The smallest absolute Gasteiger partial charge is 0.320 e. The second-order valence-electron chi connectivity index (χ2n) is 4.38. The number of carboxylic acid groups (broad SMARTS) is 2. The lowest BCUT2D eigenvalue weighted by molar-refractivity contribution is -0.144. The molecule has 0 saturated carbocycles. The van der Waals surface area contributed by atoms with Crippen molar-refractivity contribution in [2.75, 3.05) is 13.1 Å². The third kappa shape index (κ3) is 6.40. The van der Waals surface area contributed by atoms with Crippen LogP contribution in [0.25, 0.3) is 0 Å². The Kier molecular flexibility index (Phi) is 6.72. The highest BCUT2D eigenvalue weighted by Crippen LogP contribution is 2.07. The first kappa shape index (κ1) is 14.9. The van der Waals surface area contributed by atoms with Crippen LogP contribution in [0.3, 0.4) is 0 Å². The maximum absolute atomic E-state index is 10.8. The van der Waals surface area contributed by atoms with Gasteiger partial charge in [0.2, 0.25) is 0 Å². The lowest BCUT2D eigenvalue weighted by atomic mass is 10.1. The molecule has 5 nitrogen and oxygen atoms in total. The predicted octanol–water partition coefficient (Wildman–Crippen LogP) is 1.28. The summed E-state index contributed by atoms with van der Waals surface area (Å²) < 4.78 is 0. The molecule has 0 aliphatic carbocycles. The van der Waals surface area contributed by atoms with E-state index in [2.05, 4.69) is 13.8 Å². The van der Waals surface area contributed by atoms with Crippen LogP contribution in [0, 0.1) is 5.92 Å². The average Bonchev–Trinajstić information content (AvgIpc) is 2.16. The van der Waals surface area contributed by atoms with Gasteiger partial charge in [-0.15, -0.1) is 0 Å². The molecule has 16 heavy (non-hydrogen) atoms. The van der Waals surface area contributed by atoms with Crippen molar-refractivity contribution in [1.82, 2.24) is 4.90 Å². The van der Waals surface area contributed by atoms with E-state index in [4.69, 9.17) is 10.2 Å². The van der Waals surface area contributed by atoms with Crippen molar-refractivity contribution in [3.63, 3.8) is 0 Å². The summed E-state index contributed by atoms with van der Waals surface area (Å²) >= 11 is 0. The molecular formula is C11H21NO4. The van der Waals surface area contributed by atoms with Gasteiger partial charge in [-0.3, -0.25) is 14.5 Å². The first-order chi connectivity index (χ1) is 7.34. The van der Waals surface area contributed by atoms with E-state index in [0.717, 1.165) is 6.42 Å². The fourth-order valence-corrected chi connectivity index (χ4v) is 1.32. The predicted molar refractivity (Wildman–Crippen MR) is 60.4 cm³/mol. The van der Waals surface area contributed by atoms with E-state index in [-0.39, 0.29) is 13.0 Å². The molecule has 0 radical (unpaired) electrons. The number of carbonyl (C=O) groups is 2. The third-order valence-electron chi connectivity index (χ3n) is 2.51. The van der Waals surface area contributed by atoms with Crippen molar-refractivity contribution < 1.29 is 19.8 Å². The Morgan fingerprint density at radius 2 is 1.69 bits per heavy atom. The molecule has 0 aliphatic rings. The number of aliphatic carboxylic acids is 2. The van der Waals surface area contributed by atoms with Crippen LogP contribution in [0.1, 0.15) is 33.6 Å². The molecule has 94 valence electrons. The van der Waals surface area contributed by atoms with E-state index in [9.17, 15) is 9.59 Å². The van der Waals surface area contributed by atoms with Crippen molar-refractivity contribution in [3.8, 4) is 0 Å². The van der Waals surface area contributed by atoms with Crippen molar-refractivity contribution in [2.24, 2.45) is 5.92 Å². The molecule has 0 aromatic heterocycles. The topological polar surface area (TPSA) is 77.8 Å². The van der Waals surface area contributed by atoms with E-state index in [0.29, 0.717) is 12.5 Å². The standard InChI is InChI=1S/C11H21NO4/c1-8(2)4-6-12(7-5-10(13)14)9(3)11(15)16/h8-9H,4-7H2,1-3H3,(H,13,14)(H,15,16). The van der Waals surface area contributed by atoms with Crippen LogP contribution in [0.4, 0.5) is 0 Å². The molecule has 0 spiro atoms. The second kappa shape index (κ2) is 7.22. The Hall–Kier alpha value is -1.10. The number of carboxylic acids is 2. The minimum absolute atomic E-state index is 0.0181. The van der Waals surface area contributed by atoms with E-state index in [1.807, 2.05) is 0 Å². The Balaban J connectivity index is 4.25. The van der Waals surface area contributed by atoms with Gasteiger partial charge in [0.25, 0.3) is 0 Å². The van der Waals surface area contributed by atoms with Gasteiger partial charge in [0.15, 0.2) is 0 Å². The molecule has 0 aliphatic heterocycles. The van der Waals surface area contributed by atoms with Crippen molar-refractivity contribution >= 4 is 11.9 Å². The molecule has 5 heteroatoms. The van der Waals surface area contributed by atoms with Gasteiger partial charge in [-0.05, 0) is 25.8 Å². The summed E-state index contributed by atoms with van der Waals surface area (Å²) in [6.07, 6.45) is 0.854. The van der Waals surface area contributed by atoms with Gasteiger partial charge in [-0.2, -0.15) is 0 Å². The number of hydrogen-bond acceptors (Lipinski definition) is 3. The molecule has 0 amide bonds. The van der Waals surface area contributed by atoms with Crippen LogP contribution in [-0.2, 0) is 9.59 Å². The molecule has 0 heterocycles. The van der Waals surface area contributed by atoms with Gasteiger partial charge in [0.05, 0.1) is 6.42 Å². The summed E-state index contributed by atoms with van der Waals surface area (Å²) in [5.41, 5.74) is 0. The van der Waals surface area contributed by atoms with Crippen LogP contribution in [0.5, 0.6) is 0 Å². The molecule has 1 atom stereocenters. The van der Waals surface area contributed by atoms with Gasteiger partial charge in [-0.1, -0.05) is 13.8 Å². The van der Waals surface area contributed by atoms with Crippen molar-refractivity contribution in [3.05, 3.63) is 0 Å². The summed E-state index contributed by atoms with van der Waals surface area (Å²) in [7, 11) is 0. The van der Waals surface area contributed by atoms with Crippen LogP contribution < -0.4 is 0 Å². The zero-order valence-electron chi connectivity index (χ0n) is 10.1.